The maximum Gasteiger partial charge on any atom is 0.258 e. The number of fused-ring (bicyclic) bond motifs is 1. The zero-order valence-corrected chi connectivity index (χ0v) is 12.0. The zero-order valence-electron chi connectivity index (χ0n) is 11.3. The second-order valence-corrected chi connectivity index (χ2v) is 5.57. The van der Waals surface area contributed by atoms with Gasteiger partial charge in [-0.2, -0.15) is 4.98 Å². The van der Waals surface area contributed by atoms with Crippen molar-refractivity contribution in [2.45, 2.75) is 12.3 Å². The summed E-state index contributed by atoms with van der Waals surface area (Å²) in [4.78, 5) is 4.54. The lowest BCUT2D eigenvalue weighted by Crippen LogP contribution is -1.99. The Kier molecular flexibility index (Phi) is 3.13. The van der Waals surface area contributed by atoms with Gasteiger partial charge in [0.25, 0.3) is 5.89 Å². The van der Waals surface area contributed by atoms with Crippen molar-refractivity contribution in [2.24, 2.45) is 0 Å². The van der Waals surface area contributed by atoms with Gasteiger partial charge in [-0.3, -0.25) is 0 Å². The van der Waals surface area contributed by atoms with Crippen molar-refractivity contribution < 1.29 is 9.26 Å². The van der Waals surface area contributed by atoms with Gasteiger partial charge in [0.15, 0.2) is 5.82 Å². The Morgan fingerprint density at radius 2 is 1.95 bits per heavy atom. The molecule has 0 amide bonds. The van der Waals surface area contributed by atoms with E-state index in [1.165, 1.54) is 0 Å². The van der Waals surface area contributed by atoms with Gasteiger partial charge >= 0.3 is 0 Å². The monoisotopic (exact) mass is 300 g/mol. The summed E-state index contributed by atoms with van der Waals surface area (Å²) in [5.74, 6) is 1.49. The molecule has 106 valence electrons. The van der Waals surface area contributed by atoms with Crippen molar-refractivity contribution in [1.29, 1.82) is 0 Å². The maximum absolute atomic E-state index is 6.24. The van der Waals surface area contributed by atoms with Crippen LogP contribution in [-0.2, 0) is 4.74 Å². The molecule has 1 aromatic heterocycles. The first kappa shape index (κ1) is 12.8. The third-order valence-electron chi connectivity index (χ3n) is 3.84. The first-order valence-electron chi connectivity index (χ1n) is 6.92. The summed E-state index contributed by atoms with van der Waals surface area (Å²) in [7, 11) is 0. The fourth-order valence-corrected chi connectivity index (χ4v) is 2.94. The Hall–Kier alpha value is -1.91. The van der Waals surface area contributed by atoms with Crippen LogP contribution in [0.1, 0.15) is 18.2 Å². The van der Waals surface area contributed by atoms with Crippen molar-refractivity contribution in [3.8, 4) is 11.5 Å². The maximum atomic E-state index is 6.24. The van der Waals surface area contributed by atoms with Crippen molar-refractivity contribution in [3.05, 3.63) is 47.2 Å². The molecule has 0 unspecified atom stereocenters. The molecule has 0 radical (unpaired) electrons. The SMILES string of the molecule is Clc1cccc2c(-c3nc([C@H]4CCOC4)no3)cccc12. The van der Waals surface area contributed by atoms with Crippen LogP contribution in [0.5, 0.6) is 0 Å². The highest BCUT2D eigenvalue weighted by Crippen LogP contribution is 2.32. The molecule has 0 spiro atoms. The van der Waals surface area contributed by atoms with Gasteiger partial charge in [0.1, 0.15) is 0 Å². The molecule has 4 nitrogen and oxygen atoms in total. The second kappa shape index (κ2) is 5.13. The first-order chi connectivity index (χ1) is 10.3. The van der Waals surface area contributed by atoms with Crippen LogP contribution in [-0.4, -0.2) is 23.4 Å². The highest BCUT2D eigenvalue weighted by atomic mass is 35.5. The van der Waals surface area contributed by atoms with E-state index in [1.54, 1.807) is 0 Å². The van der Waals surface area contributed by atoms with E-state index in [2.05, 4.69) is 10.1 Å². The van der Waals surface area contributed by atoms with E-state index >= 15 is 0 Å². The van der Waals surface area contributed by atoms with Gasteiger partial charge < -0.3 is 9.26 Å². The molecule has 1 saturated heterocycles. The topological polar surface area (TPSA) is 48.2 Å². The number of hydrogen-bond donors (Lipinski definition) is 0. The van der Waals surface area contributed by atoms with E-state index in [4.69, 9.17) is 20.9 Å². The quantitative estimate of drug-likeness (QED) is 0.716. The summed E-state index contributed by atoms with van der Waals surface area (Å²) in [5, 5.41) is 6.83. The molecule has 0 bridgehead atoms. The fourth-order valence-electron chi connectivity index (χ4n) is 2.71. The molecule has 1 aliphatic rings. The van der Waals surface area contributed by atoms with Gasteiger partial charge in [0, 0.05) is 28.5 Å². The van der Waals surface area contributed by atoms with E-state index in [0.29, 0.717) is 12.5 Å². The normalized spacial score (nSPS) is 18.4. The highest BCUT2D eigenvalue weighted by molar-refractivity contribution is 6.35. The Morgan fingerprint density at radius 3 is 2.81 bits per heavy atom. The average molecular weight is 301 g/mol. The molecule has 3 aromatic rings. The van der Waals surface area contributed by atoms with Gasteiger partial charge in [0.2, 0.25) is 0 Å². The van der Waals surface area contributed by atoms with E-state index in [-0.39, 0.29) is 5.92 Å². The number of ether oxygens (including phenoxy) is 1. The zero-order chi connectivity index (χ0) is 14.2. The summed E-state index contributed by atoms with van der Waals surface area (Å²) in [6.45, 7) is 1.43. The molecular formula is C16H13ClN2O2. The van der Waals surface area contributed by atoms with Crippen LogP contribution < -0.4 is 0 Å². The third kappa shape index (κ3) is 2.20. The molecule has 1 atom stereocenters. The number of rotatable bonds is 2. The lowest BCUT2D eigenvalue weighted by Gasteiger charge is -2.03. The van der Waals surface area contributed by atoms with Crippen LogP contribution in [0.4, 0.5) is 0 Å². The molecule has 0 aliphatic carbocycles. The predicted molar refractivity (Wildman–Crippen MR) is 80.4 cm³/mol. The fraction of sp³-hybridized carbons (Fsp3) is 0.250. The van der Waals surface area contributed by atoms with E-state index in [0.717, 1.165) is 40.2 Å². The van der Waals surface area contributed by atoms with Crippen molar-refractivity contribution in [1.82, 2.24) is 10.1 Å². The van der Waals surface area contributed by atoms with Crippen LogP contribution in [0.25, 0.3) is 22.2 Å². The summed E-state index contributed by atoms with van der Waals surface area (Å²) in [6.07, 6.45) is 0.945. The number of hydrogen-bond acceptors (Lipinski definition) is 4. The smallest absolute Gasteiger partial charge is 0.258 e. The van der Waals surface area contributed by atoms with Crippen LogP contribution in [0.15, 0.2) is 40.9 Å². The number of aromatic nitrogens is 2. The van der Waals surface area contributed by atoms with Gasteiger partial charge in [-0.05, 0) is 23.9 Å². The van der Waals surface area contributed by atoms with Gasteiger partial charge in [-0.25, -0.2) is 0 Å². The first-order valence-corrected chi connectivity index (χ1v) is 7.30. The van der Waals surface area contributed by atoms with Crippen molar-refractivity contribution in [2.75, 3.05) is 13.2 Å². The summed E-state index contributed by atoms with van der Waals surface area (Å²) in [5.41, 5.74) is 0.910. The van der Waals surface area contributed by atoms with Crippen molar-refractivity contribution >= 4 is 22.4 Å². The minimum absolute atomic E-state index is 0.237. The lowest BCUT2D eigenvalue weighted by atomic mass is 10.0. The van der Waals surface area contributed by atoms with Crippen LogP contribution >= 0.6 is 11.6 Å². The molecule has 0 N–H and O–H groups in total. The minimum atomic E-state index is 0.237. The van der Waals surface area contributed by atoms with Crippen LogP contribution in [0, 0.1) is 0 Å². The average Bonchev–Trinajstić information content (AvgIpc) is 3.18. The Balaban J connectivity index is 1.81. The summed E-state index contributed by atoms with van der Waals surface area (Å²) in [6, 6.07) is 11.7. The molecule has 2 heterocycles. The number of benzene rings is 2. The van der Waals surface area contributed by atoms with E-state index in [1.807, 2.05) is 36.4 Å². The Labute approximate surface area is 126 Å². The number of nitrogens with zero attached hydrogens (tertiary/aromatic N) is 2. The molecular weight excluding hydrogens is 288 g/mol. The minimum Gasteiger partial charge on any atom is -0.381 e. The summed E-state index contributed by atoms with van der Waals surface area (Å²) < 4.78 is 10.8. The van der Waals surface area contributed by atoms with Crippen molar-refractivity contribution in [3.63, 3.8) is 0 Å². The second-order valence-electron chi connectivity index (χ2n) is 5.16. The van der Waals surface area contributed by atoms with E-state index < -0.39 is 0 Å². The molecule has 2 aromatic carbocycles. The Morgan fingerprint density at radius 1 is 1.10 bits per heavy atom. The molecule has 0 saturated carbocycles. The standard InChI is InChI=1S/C16H13ClN2O2/c17-14-6-2-3-11-12(14)4-1-5-13(11)16-18-15(19-21-16)10-7-8-20-9-10/h1-6,10H,7-9H2/t10-/m0/s1. The molecule has 21 heavy (non-hydrogen) atoms. The predicted octanol–water partition coefficient (Wildman–Crippen LogP) is 4.05. The molecule has 1 fully saturated rings. The third-order valence-corrected chi connectivity index (χ3v) is 4.17. The summed E-state index contributed by atoms with van der Waals surface area (Å²) >= 11 is 6.24. The molecule has 1 aliphatic heterocycles. The van der Waals surface area contributed by atoms with Crippen LogP contribution in [0.3, 0.4) is 0 Å². The largest absolute Gasteiger partial charge is 0.381 e. The van der Waals surface area contributed by atoms with Gasteiger partial charge in [-0.15, -0.1) is 0 Å². The lowest BCUT2D eigenvalue weighted by molar-refractivity contribution is 0.192. The van der Waals surface area contributed by atoms with Gasteiger partial charge in [-0.1, -0.05) is 41.0 Å². The molecule has 4 rings (SSSR count). The number of halogens is 1. The van der Waals surface area contributed by atoms with E-state index in [9.17, 15) is 0 Å². The highest BCUT2D eigenvalue weighted by Gasteiger charge is 2.23. The Bertz CT molecular complexity index is 794. The van der Waals surface area contributed by atoms with Gasteiger partial charge in [0.05, 0.1) is 6.61 Å². The molecule has 5 heteroatoms. The van der Waals surface area contributed by atoms with Crippen LogP contribution in [0.2, 0.25) is 5.02 Å².